The molecule has 0 saturated heterocycles. The van der Waals surface area contributed by atoms with E-state index in [0.717, 1.165) is 34.0 Å². The third-order valence-electron chi connectivity index (χ3n) is 7.15. The van der Waals surface area contributed by atoms with Gasteiger partial charge in [-0.25, -0.2) is 4.98 Å². The molecule has 1 heterocycles. The number of rotatable bonds is 6. The Bertz CT molecular complexity index is 1570. The van der Waals surface area contributed by atoms with Crippen LogP contribution in [-0.2, 0) is 5.54 Å². The summed E-state index contributed by atoms with van der Waals surface area (Å²) >= 11 is 0. The molecule has 0 fully saturated rings. The molecule has 6 rings (SSSR count). The lowest BCUT2D eigenvalue weighted by Crippen LogP contribution is -2.37. The van der Waals surface area contributed by atoms with Crippen molar-refractivity contribution in [2.45, 2.75) is 12.5 Å². The molecule has 0 radical (unpaired) electrons. The highest BCUT2D eigenvalue weighted by atomic mass is 16.1. The average molecular weight is 479 g/mol. The Balaban J connectivity index is 1.66. The van der Waals surface area contributed by atoms with Gasteiger partial charge in [-0.3, -0.25) is 4.79 Å². The lowest BCUT2D eigenvalue weighted by atomic mass is 9.76. The fourth-order valence-electron chi connectivity index (χ4n) is 5.48. The van der Waals surface area contributed by atoms with Crippen LogP contribution in [0.1, 0.15) is 32.6 Å². The van der Waals surface area contributed by atoms with E-state index in [1.165, 1.54) is 16.7 Å². The molecule has 0 unspecified atom stereocenters. The van der Waals surface area contributed by atoms with Gasteiger partial charge in [0.15, 0.2) is 0 Å². The first-order chi connectivity index (χ1) is 18.2. The third-order valence-corrected chi connectivity index (χ3v) is 7.15. The summed E-state index contributed by atoms with van der Waals surface area (Å²) in [5.74, 6) is 0. The van der Waals surface area contributed by atoms with Gasteiger partial charge in [0.25, 0.3) is 0 Å². The number of aldehydes is 1. The molecule has 5 aromatic carbocycles. The van der Waals surface area contributed by atoms with Gasteiger partial charge in [0, 0.05) is 5.56 Å². The van der Waals surface area contributed by atoms with Crippen molar-refractivity contribution >= 4 is 17.3 Å². The zero-order valence-electron chi connectivity index (χ0n) is 20.6. The second kappa shape index (κ2) is 9.36. The van der Waals surface area contributed by atoms with E-state index in [4.69, 9.17) is 4.98 Å². The second-order valence-corrected chi connectivity index (χ2v) is 9.32. The van der Waals surface area contributed by atoms with Gasteiger partial charge in [-0.1, -0.05) is 115 Å². The van der Waals surface area contributed by atoms with E-state index in [9.17, 15) is 4.79 Å². The number of carbonyl (C=O) groups excluding carboxylic acids is 1. The van der Waals surface area contributed by atoms with E-state index in [0.29, 0.717) is 5.56 Å². The van der Waals surface area contributed by atoms with Gasteiger partial charge in [-0.15, -0.1) is 0 Å². The summed E-state index contributed by atoms with van der Waals surface area (Å²) in [6.45, 7) is 2.15. The highest BCUT2D eigenvalue weighted by Gasteiger charge is 2.39. The molecule has 37 heavy (non-hydrogen) atoms. The maximum absolute atomic E-state index is 11.1. The van der Waals surface area contributed by atoms with Crippen molar-refractivity contribution in [3.05, 3.63) is 162 Å². The molecule has 0 N–H and O–H groups in total. The molecule has 0 spiro atoms. The normalized spacial score (nSPS) is 11.5. The number of benzene rings is 5. The fraction of sp³-hybridized carbons (Fsp3) is 0.0588. The Morgan fingerprint density at radius 3 is 1.65 bits per heavy atom. The Morgan fingerprint density at radius 2 is 1.16 bits per heavy atom. The van der Waals surface area contributed by atoms with Crippen LogP contribution in [0, 0.1) is 6.92 Å². The van der Waals surface area contributed by atoms with Crippen LogP contribution in [0.2, 0.25) is 0 Å². The number of carbonyl (C=O) groups is 1. The zero-order valence-corrected chi connectivity index (χ0v) is 20.6. The predicted octanol–water partition coefficient (Wildman–Crippen LogP) is 7.66. The van der Waals surface area contributed by atoms with Crippen LogP contribution in [0.3, 0.4) is 0 Å². The summed E-state index contributed by atoms with van der Waals surface area (Å²) in [5, 5.41) is 0. The lowest BCUT2D eigenvalue weighted by Gasteiger charge is -2.38. The molecular formula is C34H26N2O. The van der Waals surface area contributed by atoms with Gasteiger partial charge >= 0.3 is 0 Å². The van der Waals surface area contributed by atoms with E-state index < -0.39 is 5.54 Å². The number of imidazole rings is 1. The lowest BCUT2D eigenvalue weighted by molar-refractivity contribution is 0.112. The summed E-state index contributed by atoms with van der Waals surface area (Å²) in [5.41, 5.74) is 8.85. The Labute approximate surface area is 216 Å². The molecule has 0 aliphatic carbocycles. The quantitative estimate of drug-likeness (QED) is 0.182. The van der Waals surface area contributed by atoms with Gasteiger partial charge in [0.05, 0.1) is 17.4 Å². The minimum Gasteiger partial charge on any atom is -0.312 e. The molecule has 0 saturated carbocycles. The van der Waals surface area contributed by atoms with Crippen molar-refractivity contribution in [1.82, 2.24) is 9.55 Å². The molecule has 0 aliphatic heterocycles. The predicted molar refractivity (Wildman–Crippen MR) is 150 cm³/mol. The zero-order chi connectivity index (χ0) is 25.2. The van der Waals surface area contributed by atoms with Crippen LogP contribution in [0.4, 0.5) is 0 Å². The van der Waals surface area contributed by atoms with Gasteiger partial charge in [0.2, 0.25) is 0 Å². The first kappa shape index (κ1) is 22.7. The third kappa shape index (κ3) is 3.76. The van der Waals surface area contributed by atoms with E-state index in [2.05, 4.69) is 115 Å². The SMILES string of the molecule is Cc1cc(-c2ccc(C=O)cc2)cc2ncn(C(c3ccccc3)(c3ccccc3)c3ccccc3)c12. The highest BCUT2D eigenvalue weighted by molar-refractivity contribution is 5.87. The molecule has 0 atom stereocenters. The monoisotopic (exact) mass is 478 g/mol. The maximum Gasteiger partial charge on any atom is 0.150 e. The van der Waals surface area contributed by atoms with Gasteiger partial charge < -0.3 is 4.57 Å². The Hall–Kier alpha value is -4.76. The topological polar surface area (TPSA) is 34.9 Å². The van der Waals surface area contributed by atoms with E-state index in [1.54, 1.807) is 0 Å². The molecule has 6 aromatic rings. The summed E-state index contributed by atoms with van der Waals surface area (Å²) in [7, 11) is 0. The summed E-state index contributed by atoms with van der Waals surface area (Å²) in [6, 6.07) is 44.0. The summed E-state index contributed by atoms with van der Waals surface area (Å²) < 4.78 is 2.33. The standard InChI is InChI=1S/C34H26N2O/c1-25-21-28(27-19-17-26(23-37)18-20-27)22-32-33(25)36(24-35-32)34(29-11-5-2-6-12-29,30-13-7-3-8-14-30)31-15-9-4-10-16-31/h2-24H,1H3. The minimum absolute atomic E-state index is 0.615. The van der Waals surface area contributed by atoms with Crippen molar-refractivity contribution < 1.29 is 4.79 Å². The van der Waals surface area contributed by atoms with Crippen LogP contribution in [-0.4, -0.2) is 15.8 Å². The number of fused-ring (bicyclic) bond motifs is 1. The Morgan fingerprint density at radius 1 is 0.649 bits per heavy atom. The number of hydrogen-bond donors (Lipinski definition) is 0. The number of aryl methyl sites for hydroxylation is 1. The molecule has 1 aromatic heterocycles. The van der Waals surface area contributed by atoms with Crippen molar-refractivity contribution in [3.63, 3.8) is 0 Å². The van der Waals surface area contributed by atoms with Crippen LogP contribution in [0.5, 0.6) is 0 Å². The van der Waals surface area contributed by atoms with Crippen molar-refractivity contribution in [2.24, 2.45) is 0 Å². The van der Waals surface area contributed by atoms with Crippen LogP contribution < -0.4 is 0 Å². The van der Waals surface area contributed by atoms with E-state index >= 15 is 0 Å². The molecule has 3 heteroatoms. The Kier molecular flexibility index (Phi) is 5.74. The number of nitrogens with zero attached hydrogens (tertiary/aromatic N) is 2. The summed E-state index contributed by atoms with van der Waals surface area (Å²) in [4.78, 5) is 16.1. The second-order valence-electron chi connectivity index (χ2n) is 9.32. The van der Waals surface area contributed by atoms with Crippen LogP contribution in [0.15, 0.2) is 134 Å². The van der Waals surface area contributed by atoms with E-state index in [-0.39, 0.29) is 0 Å². The van der Waals surface area contributed by atoms with Crippen LogP contribution >= 0.6 is 0 Å². The van der Waals surface area contributed by atoms with Crippen molar-refractivity contribution in [1.29, 1.82) is 0 Å². The van der Waals surface area contributed by atoms with Gasteiger partial charge in [-0.2, -0.15) is 0 Å². The van der Waals surface area contributed by atoms with Gasteiger partial charge in [-0.05, 0) is 52.4 Å². The first-order valence-corrected chi connectivity index (χ1v) is 12.4. The molecule has 0 amide bonds. The highest BCUT2D eigenvalue weighted by Crippen LogP contribution is 2.43. The van der Waals surface area contributed by atoms with Crippen molar-refractivity contribution in [3.8, 4) is 11.1 Å². The molecule has 3 nitrogen and oxygen atoms in total. The molecule has 0 aliphatic rings. The molecule has 0 bridgehead atoms. The average Bonchev–Trinajstić information content (AvgIpc) is 3.40. The number of aromatic nitrogens is 2. The van der Waals surface area contributed by atoms with Crippen molar-refractivity contribution in [2.75, 3.05) is 0 Å². The van der Waals surface area contributed by atoms with Gasteiger partial charge in [0.1, 0.15) is 11.8 Å². The minimum atomic E-state index is -0.615. The van der Waals surface area contributed by atoms with E-state index in [1.807, 2.05) is 30.6 Å². The van der Waals surface area contributed by atoms with Crippen LogP contribution in [0.25, 0.3) is 22.2 Å². The largest absolute Gasteiger partial charge is 0.312 e. The maximum atomic E-state index is 11.1. The number of hydrogen-bond acceptors (Lipinski definition) is 2. The smallest absolute Gasteiger partial charge is 0.150 e. The summed E-state index contributed by atoms with van der Waals surface area (Å²) in [6.07, 6.45) is 2.85. The molecule has 178 valence electrons. The first-order valence-electron chi connectivity index (χ1n) is 12.4. The molecular weight excluding hydrogens is 452 g/mol. The fourth-order valence-corrected chi connectivity index (χ4v) is 5.48.